The molecule has 0 aromatic heterocycles. The van der Waals surface area contributed by atoms with Crippen molar-refractivity contribution in [1.82, 2.24) is 0 Å². The van der Waals surface area contributed by atoms with Crippen molar-refractivity contribution in [2.75, 3.05) is 20.3 Å². The predicted molar refractivity (Wildman–Crippen MR) is 61.3 cm³/mol. The quantitative estimate of drug-likeness (QED) is 0.802. The summed E-state index contributed by atoms with van der Waals surface area (Å²) < 4.78 is 10.5. The molecule has 15 heavy (non-hydrogen) atoms. The second-order valence-corrected chi connectivity index (χ2v) is 3.85. The van der Waals surface area contributed by atoms with Crippen LogP contribution in [0.1, 0.15) is 11.1 Å². The van der Waals surface area contributed by atoms with E-state index in [9.17, 15) is 0 Å². The standard InChI is InChI=1S/C12H19NO2/c1-9-4-10(2)6-12(5-9)15-8-11(13)7-14-3/h4-6,11H,7-8,13H2,1-3H3. The molecule has 0 heterocycles. The summed E-state index contributed by atoms with van der Waals surface area (Å²) in [7, 11) is 1.64. The Morgan fingerprint density at radius 1 is 1.13 bits per heavy atom. The molecule has 0 aliphatic rings. The van der Waals surface area contributed by atoms with Gasteiger partial charge in [0.15, 0.2) is 0 Å². The molecule has 0 bridgehead atoms. The maximum Gasteiger partial charge on any atom is 0.119 e. The molecule has 0 fully saturated rings. The van der Waals surface area contributed by atoms with Gasteiger partial charge in [-0.3, -0.25) is 0 Å². The van der Waals surface area contributed by atoms with Crippen LogP contribution < -0.4 is 10.5 Å². The molecule has 3 heteroatoms. The molecule has 0 aliphatic carbocycles. The maximum atomic E-state index is 5.76. The predicted octanol–water partition coefficient (Wildman–Crippen LogP) is 1.66. The van der Waals surface area contributed by atoms with E-state index in [0.29, 0.717) is 13.2 Å². The Labute approximate surface area is 91.2 Å². The zero-order chi connectivity index (χ0) is 11.3. The number of benzene rings is 1. The maximum absolute atomic E-state index is 5.76. The third-order valence-electron chi connectivity index (χ3n) is 2.04. The lowest BCUT2D eigenvalue weighted by molar-refractivity contribution is 0.152. The van der Waals surface area contributed by atoms with E-state index in [1.54, 1.807) is 7.11 Å². The summed E-state index contributed by atoms with van der Waals surface area (Å²) in [6.07, 6.45) is 0. The minimum absolute atomic E-state index is 0.0733. The number of hydrogen-bond donors (Lipinski definition) is 1. The van der Waals surface area contributed by atoms with Crippen molar-refractivity contribution in [3.05, 3.63) is 29.3 Å². The van der Waals surface area contributed by atoms with Gasteiger partial charge in [0.05, 0.1) is 12.6 Å². The van der Waals surface area contributed by atoms with Gasteiger partial charge in [0, 0.05) is 7.11 Å². The molecule has 0 spiro atoms. The van der Waals surface area contributed by atoms with Crippen LogP contribution >= 0.6 is 0 Å². The molecule has 0 amide bonds. The Kier molecular flexibility index (Phi) is 4.59. The average Bonchev–Trinajstić information content (AvgIpc) is 2.14. The number of aryl methyl sites for hydroxylation is 2. The Morgan fingerprint density at radius 3 is 2.27 bits per heavy atom. The van der Waals surface area contributed by atoms with Gasteiger partial charge in [-0.2, -0.15) is 0 Å². The number of nitrogens with two attached hydrogens (primary N) is 1. The van der Waals surface area contributed by atoms with E-state index in [1.807, 2.05) is 12.1 Å². The molecule has 1 atom stereocenters. The number of rotatable bonds is 5. The van der Waals surface area contributed by atoms with E-state index >= 15 is 0 Å². The summed E-state index contributed by atoms with van der Waals surface area (Å²) in [6.45, 7) is 5.10. The first-order valence-corrected chi connectivity index (χ1v) is 5.07. The number of hydrogen-bond acceptors (Lipinski definition) is 3. The van der Waals surface area contributed by atoms with Crippen molar-refractivity contribution < 1.29 is 9.47 Å². The summed E-state index contributed by atoms with van der Waals surface area (Å²) in [6, 6.07) is 6.05. The van der Waals surface area contributed by atoms with Crippen molar-refractivity contribution in [3.63, 3.8) is 0 Å². The smallest absolute Gasteiger partial charge is 0.119 e. The fourth-order valence-corrected chi connectivity index (χ4v) is 1.48. The Balaban J connectivity index is 2.50. The normalized spacial score (nSPS) is 12.5. The van der Waals surface area contributed by atoms with Gasteiger partial charge in [-0.15, -0.1) is 0 Å². The lowest BCUT2D eigenvalue weighted by Crippen LogP contribution is -2.32. The third kappa shape index (κ3) is 4.32. The highest BCUT2D eigenvalue weighted by Crippen LogP contribution is 2.16. The topological polar surface area (TPSA) is 44.5 Å². The Hall–Kier alpha value is -1.06. The molecule has 1 rings (SSSR count). The van der Waals surface area contributed by atoms with Gasteiger partial charge in [-0.1, -0.05) is 6.07 Å². The van der Waals surface area contributed by atoms with Crippen molar-refractivity contribution in [3.8, 4) is 5.75 Å². The highest BCUT2D eigenvalue weighted by Gasteiger charge is 2.03. The highest BCUT2D eigenvalue weighted by atomic mass is 16.5. The molecule has 0 saturated carbocycles. The summed E-state index contributed by atoms with van der Waals surface area (Å²) in [5.41, 5.74) is 8.16. The molecule has 84 valence electrons. The molecule has 2 N–H and O–H groups in total. The molecule has 0 saturated heterocycles. The van der Waals surface area contributed by atoms with Crippen molar-refractivity contribution in [2.24, 2.45) is 5.73 Å². The van der Waals surface area contributed by atoms with E-state index in [-0.39, 0.29) is 6.04 Å². The first kappa shape index (κ1) is 12.0. The van der Waals surface area contributed by atoms with E-state index in [2.05, 4.69) is 19.9 Å². The van der Waals surface area contributed by atoms with Crippen LogP contribution in [-0.4, -0.2) is 26.4 Å². The molecule has 0 aliphatic heterocycles. The molecular weight excluding hydrogens is 190 g/mol. The van der Waals surface area contributed by atoms with Gasteiger partial charge >= 0.3 is 0 Å². The van der Waals surface area contributed by atoms with Gasteiger partial charge in [-0.05, 0) is 37.1 Å². The summed E-state index contributed by atoms with van der Waals surface area (Å²) in [5, 5.41) is 0. The van der Waals surface area contributed by atoms with Crippen molar-refractivity contribution in [2.45, 2.75) is 19.9 Å². The minimum atomic E-state index is -0.0733. The second kappa shape index (κ2) is 5.73. The number of ether oxygens (including phenoxy) is 2. The van der Waals surface area contributed by atoms with Gasteiger partial charge < -0.3 is 15.2 Å². The largest absolute Gasteiger partial charge is 0.492 e. The van der Waals surface area contributed by atoms with Crippen LogP contribution in [0.25, 0.3) is 0 Å². The van der Waals surface area contributed by atoms with Crippen LogP contribution in [0.4, 0.5) is 0 Å². The van der Waals surface area contributed by atoms with E-state index in [1.165, 1.54) is 11.1 Å². The van der Waals surface area contributed by atoms with Crippen LogP contribution in [0, 0.1) is 13.8 Å². The fourth-order valence-electron chi connectivity index (χ4n) is 1.48. The second-order valence-electron chi connectivity index (χ2n) is 3.85. The molecule has 1 aromatic carbocycles. The summed E-state index contributed by atoms with van der Waals surface area (Å²) in [4.78, 5) is 0. The van der Waals surface area contributed by atoms with Crippen molar-refractivity contribution >= 4 is 0 Å². The molecule has 1 unspecified atom stereocenters. The zero-order valence-electron chi connectivity index (χ0n) is 9.62. The number of methoxy groups -OCH3 is 1. The Bertz CT molecular complexity index is 292. The van der Waals surface area contributed by atoms with Crippen LogP contribution in [0.2, 0.25) is 0 Å². The molecule has 1 aromatic rings. The fraction of sp³-hybridized carbons (Fsp3) is 0.500. The third-order valence-corrected chi connectivity index (χ3v) is 2.04. The van der Waals surface area contributed by atoms with Gasteiger partial charge in [-0.25, -0.2) is 0 Å². The lowest BCUT2D eigenvalue weighted by Gasteiger charge is -2.13. The first-order chi connectivity index (χ1) is 7.11. The average molecular weight is 209 g/mol. The zero-order valence-corrected chi connectivity index (χ0v) is 9.62. The van der Waals surface area contributed by atoms with Crippen LogP contribution in [0.15, 0.2) is 18.2 Å². The lowest BCUT2D eigenvalue weighted by atomic mass is 10.1. The molecule has 0 radical (unpaired) electrons. The van der Waals surface area contributed by atoms with Crippen LogP contribution in [0.3, 0.4) is 0 Å². The Morgan fingerprint density at radius 2 is 1.73 bits per heavy atom. The molecule has 3 nitrogen and oxygen atoms in total. The highest BCUT2D eigenvalue weighted by molar-refractivity contribution is 5.32. The molecular formula is C12H19NO2. The van der Waals surface area contributed by atoms with Crippen LogP contribution in [-0.2, 0) is 4.74 Å². The van der Waals surface area contributed by atoms with Gasteiger partial charge in [0.25, 0.3) is 0 Å². The van der Waals surface area contributed by atoms with Gasteiger partial charge in [0.1, 0.15) is 12.4 Å². The SMILES string of the molecule is COCC(N)COc1cc(C)cc(C)c1. The summed E-state index contributed by atoms with van der Waals surface area (Å²) >= 11 is 0. The van der Waals surface area contributed by atoms with Crippen molar-refractivity contribution in [1.29, 1.82) is 0 Å². The minimum Gasteiger partial charge on any atom is -0.492 e. The monoisotopic (exact) mass is 209 g/mol. The first-order valence-electron chi connectivity index (χ1n) is 5.07. The van der Waals surface area contributed by atoms with E-state index < -0.39 is 0 Å². The summed E-state index contributed by atoms with van der Waals surface area (Å²) in [5.74, 6) is 0.874. The van der Waals surface area contributed by atoms with Crippen LogP contribution in [0.5, 0.6) is 5.75 Å². The van der Waals surface area contributed by atoms with E-state index in [0.717, 1.165) is 5.75 Å². The van der Waals surface area contributed by atoms with E-state index in [4.69, 9.17) is 15.2 Å². The van der Waals surface area contributed by atoms with Gasteiger partial charge in [0.2, 0.25) is 0 Å².